The summed E-state index contributed by atoms with van der Waals surface area (Å²) in [5.41, 5.74) is -0.288. The molecule has 0 unspecified atom stereocenters. The van der Waals surface area contributed by atoms with Crippen LogP contribution in [0, 0.1) is 21.8 Å². The Morgan fingerprint density at radius 3 is 2.71 bits per heavy atom. The average Bonchev–Trinajstić information content (AvgIpc) is 2.23. The molecule has 0 aliphatic heterocycles. The first-order valence-electron chi connectivity index (χ1n) is 5.57. The van der Waals surface area contributed by atoms with Gasteiger partial charge in [0.05, 0.1) is 23.7 Å². The smallest absolute Gasteiger partial charge is 0.276 e. The Morgan fingerprint density at radius 1 is 1.41 bits per heavy atom. The molecule has 0 saturated carbocycles. The highest BCUT2D eigenvalue weighted by atomic mass is 19.1. The molecule has 0 spiro atoms. The summed E-state index contributed by atoms with van der Waals surface area (Å²) in [6, 6.07) is 3.27. The van der Waals surface area contributed by atoms with Gasteiger partial charge in [0.25, 0.3) is 5.69 Å². The predicted octanol–water partition coefficient (Wildman–Crippen LogP) is 3.55. The maximum atomic E-state index is 13.0. The number of rotatable bonds is 6. The van der Waals surface area contributed by atoms with E-state index in [1.54, 1.807) is 0 Å². The van der Waals surface area contributed by atoms with Gasteiger partial charge in [0.2, 0.25) is 0 Å². The fraction of sp³-hybridized carbons (Fsp3) is 0.500. The third kappa shape index (κ3) is 4.80. The van der Waals surface area contributed by atoms with E-state index in [2.05, 4.69) is 13.8 Å². The normalized spacial score (nSPS) is 10.6. The van der Waals surface area contributed by atoms with E-state index in [4.69, 9.17) is 4.74 Å². The van der Waals surface area contributed by atoms with Crippen LogP contribution < -0.4 is 4.74 Å². The van der Waals surface area contributed by atoms with Gasteiger partial charge < -0.3 is 4.74 Å². The molecule has 1 aromatic carbocycles. The Hall–Kier alpha value is -1.65. The molecule has 0 radical (unpaired) electrons. The van der Waals surface area contributed by atoms with Crippen molar-refractivity contribution in [1.29, 1.82) is 0 Å². The van der Waals surface area contributed by atoms with E-state index in [0.717, 1.165) is 25.0 Å². The topological polar surface area (TPSA) is 52.4 Å². The van der Waals surface area contributed by atoms with Crippen LogP contribution in [0.15, 0.2) is 18.2 Å². The molecule has 0 aromatic heterocycles. The molecule has 0 atom stereocenters. The third-order valence-electron chi connectivity index (χ3n) is 2.26. The van der Waals surface area contributed by atoms with E-state index < -0.39 is 10.7 Å². The fourth-order valence-electron chi connectivity index (χ4n) is 1.42. The van der Waals surface area contributed by atoms with Crippen molar-refractivity contribution in [3.05, 3.63) is 34.1 Å². The average molecular weight is 241 g/mol. The van der Waals surface area contributed by atoms with Gasteiger partial charge in [0.1, 0.15) is 11.6 Å². The van der Waals surface area contributed by atoms with Gasteiger partial charge in [-0.15, -0.1) is 0 Å². The van der Waals surface area contributed by atoms with Gasteiger partial charge in [-0.3, -0.25) is 10.1 Å². The van der Waals surface area contributed by atoms with E-state index in [1.807, 2.05) is 0 Å². The Bertz CT molecular complexity index is 393. The molecule has 0 amide bonds. The lowest BCUT2D eigenvalue weighted by molar-refractivity contribution is -0.385. The molecule has 0 aliphatic rings. The molecule has 0 bridgehead atoms. The van der Waals surface area contributed by atoms with Crippen molar-refractivity contribution < 1.29 is 14.1 Å². The van der Waals surface area contributed by atoms with Crippen molar-refractivity contribution in [2.24, 2.45) is 5.92 Å². The second-order valence-electron chi connectivity index (χ2n) is 4.29. The lowest BCUT2D eigenvalue weighted by Gasteiger charge is -2.07. The van der Waals surface area contributed by atoms with Crippen LogP contribution in [0.25, 0.3) is 0 Å². The second kappa shape index (κ2) is 6.18. The number of halogens is 1. The quantitative estimate of drug-likeness (QED) is 0.434. The molecule has 17 heavy (non-hydrogen) atoms. The molecule has 0 heterocycles. The van der Waals surface area contributed by atoms with Crippen molar-refractivity contribution in [3.63, 3.8) is 0 Å². The van der Waals surface area contributed by atoms with Crippen LogP contribution in [0.2, 0.25) is 0 Å². The zero-order chi connectivity index (χ0) is 12.8. The van der Waals surface area contributed by atoms with Crippen LogP contribution >= 0.6 is 0 Å². The first-order chi connectivity index (χ1) is 7.99. The minimum atomic E-state index is -0.655. The summed E-state index contributed by atoms with van der Waals surface area (Å²) >= 11 is 0. The summed E-state index contributed by atoms with van der Waals surface area (Å²) in [4.78, 5) is 9.87. The zero-order valence-corrected chi connectivity index (χ0v) is 9.98. The number of nitro benzene ring substituents is 1. The van der Waals surface area contributed by atoms with Gasteiger partial charge >= 0.3 is 0 Å². The lowest BCUT2D eigenvalue weighted by atomic mass is 10.1. The maximum Gasteiger partial charge on any atom is 0.276 e. The van der Waals surface area contributed by atoms with Crippen LogP contribution in [0.4, 0.5) is 10.1 Å². The Balaban J connectivity index is 2.56. The number of ether oxygens (including phenoxy) is 1. The first kappa shape index (κ1) is 13.4. The van der Waals surface area contributed by atoms with Gasteiger partial charge in [-0.25, -0.2) is 4.39 Å². The summed E-state index contributed by atoms with van der Waals surface area (Å²) in [6.07, 6.45) is 1.86. The van der Waals surface area contributed by atoms with E-state index in [-0.39, 0.29) is 11.4 Å². The first-order valence-corrected chi connectivity index (χ1v) is 5.57. The molecule has 1 rings (SSSR count). The zero-order valence-electron chi connectivity index (χ0n) is 9.98. The number of non-ortho nitro benzene ring substituents is 1. The van der Waals surface area contributed by atoms with E-state index in [9.17, 15) is 14.5 Å². The van der Waals surface area contributed by atoms with Gasteiger partial charge in [0, 0.05) is 6.07 Å². The molecule has 0 saturated heterocycles. The van der Waals surface area contributed by atoms with Crippen molar-refractivity contribution in [2.75, 3.05) is 6.61 Å². The second-order valence-corrected chi connectivity index (χ2v) is 4.29. The van der Waals surface area contributed by atoms with Crippen LogP contribution in [0.1, 0.15) is 26.7 Å². The van der Waals surface area contributed by atoms with Crippen molar-refractivity contribution in [3.8, 4) is 5.75 Å². The monoisotopic (exact) mass is 241 g/mol. The molecule has 4 nitrogen and oxygen atoms in total. The molecule has 0 fully saturated rings. The minimum absolute atomic E-state index is 0.209. The highest BCUT2D eigenvalue weighted by Crippen LogP contribution is 2.22. The van der Waals surface area contributed by atoms with Crippen LogP contribution in [0.5, 0.6) is 5.75 Å². The molecule has 94 valence electrons. The summed E-state index contributed by atoms with van der Waals surface area (Å²) in [5, 5.41) is 10.5. The number of hydrogen-bond acceptors (Lipinski definition) is 3. The van der Waals surface area contributed by atoms with Gasteiger partial charge in [-0.1, -0.05) is 13.8 Å². The largest absolute Gasteiger partial charge is 0.493 e. The van der Waals surface area contributed by atoms with Crippen molar-refractivity contribution >= 4 is 5.69 Å². The minimum Gasteiger partial charge on any atom is -0.493 e. The number of nitrogens with zero attached hydrogens (tertiary/aromatic N) is 1. The van der Waals surface area contributed by atoms with Crippen LogP contribution in [-0.4, -0.2) is 11.5 Å². The predicted molar refractivity (Wildman–Crippen MR) is 62.6 cm³/mol. The molecule has 0 N–H and O–H groups in total. The summed E-state index contributed by atoms with van der Waals surface area (Å²) in [6.45, 7) is 4.65. The van der Waals surface area contributed by atoms with E-state index in [1.165, 1.54) is 6.07 Å². The highest BCUT2D eigenvalue weighted by Gasteiger charge is 2.10. The van der Waals surface area contributed by atoms with Gasteiger partial charge in [-0.2, -0.15) is 0 Å². The third-order valence-corrected chi connectivity index (χ3v) is 2.26. The summed E-state index contributed by atoms with van der Waals surface area (Å²) < 4.78 is 18.3. The summed E-state index contributed by atoms with van der Waals surface area (Å²) in [5.74, 6) is 0.138. The Labute approximate surface area is 99.6 Å². The van der Waals surface area contributed by atoms with Crippen LogP contribution in [-0.2, 0) is 0 Å². The van der Waals surface area contributed by atoms with Gasteiger partial charge in [0.15, 0.2) is 0 Å². The SMILES string of the molecule is CC(C)CCCOc1cc(F)cc([N+](=O)[O-])c1. The number of nitro groups is 1. The lowest BCUT2D eigenvalue weighted by Crippen LogP contribution is -2.00. The van der Waals surface area contributed by atoms with E-state index >= 15 is 0 Å². The van der Waals surface area contributed by atoms with Crippen molar-refractivity contribution in [2.45, 2.75) is 26.7 Å². The Morgan fingerprint density at radius 2 is 2.12 bits per heavy atom. The van der Waals surface area contributed by atoms with Gasteiger partial charge in [-0.05, 0) is 18.8 Å². The molecule has 0 aliphatic carbocycles. The highest BCUT2D eigenvalue weighted by molar-refractivity contribution is 5.38. The van der Waals surface area contributed by atoms with Crippen LogP contribution in [0.3, 0.4) is 0 Å². The molecular weight excluding hydrogens is 225 g/mol. The molecule has 5 heteroatoms. The molecule has 1 aromatic rings. The Kier molecular flexibility index (Phi) is 4.87. The number of hydrogen-bond donors (Lipinski definition) is 0. The number of benzene rings is 1. The van der Waals surface area contributed by atoms with E-state index in [0.29, 0.717) is 12.5 Å². The summed E-state index contributed by atoms with van der Waals surface area (Å²) in [7, 11) is 0. The standard InChI is InChI=1S/C12H16FNO3/c1-9(2)4-3-5-17-12-7-10(13)6-11(8-12)14(15)16/h6-9H,3-5H2,1-2H3. The maximum absolute atomic E-state index is 13.0. The molecular formula is C12H16FNO3. The fourth-order valence-corrected chi connectivity index (χ4v) is 1.42. The van der Waals surface area contributed by atoms with Crippen molar-refractivity contribution in [1.82, 2.24) is 0 Å².